The second-order valence-corrected chi connectivity index (χ2v) is 9.72. The molecule has 2 fully saturated rings. The number of carboxylic acids is 1. The molecule has 158 valence electrons. The van der Waals surface area contributed by atoms with Gasteiger partial charge in [-0.3, -0.25) is 4.79 Å². The molecule has 0 radical (unpaired) electrons. The van der Waals surface area contributed by atoms with Gasteiger partial charge in [0.15, 0.2) is 0 Å². The number of fused-ring (bicyclic) bond motifs is 4. The van der Waals surface area contributed by atoms with Crippen molar-refractivity contribution in [1.29, 1.82) is 0 Å². The first kappa shape index (κ1) is 20.6. The van der Waals surface area contributed by atoms with Crippen LogP contribution >= 0.6 is 0 Å². The Balaban J connectivity index is 1.75. The summed E-state index contributed by atoms with van der Waals surface area (Å²) < 4.78 is 0. The maximum absolute atomic E-state index is 11.3. The molecule has 7 atom stereocenters. The lowest BCUT2D eigenvalue weighted by molar-refractivity contribution is -0.137. The number of carboxylic acid groups (broad SMARTS) is 1. The highest BCUT2D eigenvalue weighted by Gasteiger charge is 2.55. The lowest BCUT2D eigenvalue weighted by Gasteiger charge is -2.50. The predicted molar refractivity (Wildman–Crippen MR) is 110 cm³/mol. The van der Waals surface area contributed by atoms with Crippen LogP contribution in [0.25, 0.3) is 0 Å². The van der Waals surface area contributed by atoms with Gasteiger partial charge in [0.2, 0.25) is 0 Å². The third-order valence-corrected chi connectivity index (χ3v) is 8.15. The summed E-state index contributed by atoms with van der Waals surface area (Å²) in [6, 6.07) is 0. The summed E-state index contributed by atoms with van der Waals surface area (Å²) in [5.74, 6) is -0.431. The molecule has 0 bridgehead atoms. The number of hydrogen-bond donors (Lipinski definition) is 4. The monoisotopic (exact) mass is 400 g/mol. The Morgan fingerprint density at radius 1 is 1.24 bits per heavy atom. The molecular formula is C24H32O5. The summed E-state index contributed by atoms with van der Waals surface area (Å²) in [7, 11) is 0. The molecule has 4 N–H and O–H groups in total. The van der Waals surface area contributed by atoms with E-state index < -0.39 is 35.1 Å². The van der Waals surface area contributed by atoms with E-state index in [9.17, 15) is 20.1 Å². The number of carbonyl (C=O) groups is 1. The van der Waals surface area contributed by atoms with Crippen molar-refractivity contribution in [2.45, 2.75) is 71.2 Å². The first-order valence-corrected chi connectivity index (χ1v) is 10.7. The third-order valence-electron chi connectivity index (χ3n) is 8.15. The van der Waals surface area contributed by atoms with Gasteiger partial charge in [0, 0.05) is 17.3 Å². The van der Waals surface area contributed by atoms with E-state index in [1.54, 1.807) is 6.08 Å². The SMILES string of the molecule is C[C@H](CCC(=O)O)[C@H]1CCC2=C3C(=C[C@H](O)[C@@]21C)[C@@]1(C)C=C[C@@H](O)C=C1C[C@H]3O. The molecule has 2 saturated carbocycles. The summed E-state index contributed by atoms with van der Waals surface area (Å²) in [4.78, 5) is 11.0. The van der Waals surface area contributed by atoms with Gasteiger partial charge in [-0.15, -0.1) is 0 Å². The van der Waals surface area contributed by atoms with Crippen LogP contribution in [-0.2, 0) is 4.79 Å². The van der Waals surface area contributed by atoms with Crippen molar-refractivity contribution in [3.63, 3.8) is 0 Å². The molecule has 0 unspecified atom stereocenters. The van der Waals surface area contributed by atoms with E-state index in [0.29, 0.717) is 12.8 Å². The van der Waals surface area contributed by atoms with Crippen molar-refractivity contribution in [1.82, 2.24) is 0 Å². The largest absolute Gasteiger partial charge is 0.481 e. The molecule has 0 amide bonds. The van der Waals surface area contributed by atoms with E-state index >= 15 is 0 Å². The fraction of sp³-hybridized carbons (Fsp3) is 0.625. The molecule has 0 aromatic heterocycles. The molecule has 5 heteroatoms. The molecule has 0 aliphatic heterocycles. The van der Waals surface area contributed by atoms with Crippen molar-refractivity contribution in [3.8, 4) is 0 Å². The summed E-state index contributed by atoms with van der Waals surface area (Å²) in [6.45, 7) is 6.27. The predicted octanol–water partition coefficient (Wildman–Crippen LogP) is 3.13. The van der Waals surface area contributed by atoms with Crippen LogP contribution in [0.4, 0.5) is 0 Å². The lowest BCUT2D eigenvalue weighted by atomic mass is 9.55. The van der Waals surface area contributed by atoms with Crippen LogP contribution in [0.3, 0.4) is 0 Å². The van der Waals surface area contributed by atoms with Gasteiger partial charge >= 0.3 is 5.97 Å². The van der Waals surface area contributed by atoms with Gasteiger partial charge in [-0.05, 0) is 55.6 Å². The first-order valence-electron chi connectivity index (χ1n) is 10.7. The summed E-state index contributed by atoms with van der Waals surface area (Å²) >= 11 is 0. The zero-order valence-electron chi connectivity index (χ0n) is 17.4. The Kier molecular flexibility index (Phi) is 4.92. The van der Waals surface area contributed by atoms with Crippen LogP contribution in [0.1, 0.15) is 52.9 Å². The van der Waals surface area contributed by atoms with Crippen LogP contribution in [0.2, 0.25) is 0 Å². The number of rotatable bonds is 4. The zero-order chi connectivity index (χ0) is 21.1. The minimum atomic E-state index is -0.786. The highest BCUT2D eigenvalue weighted by atomic mass is 16.4. The Bertz CT molecular complexity index is 849. The van der Waals surface area contributed by atoms with E-state index in [4.69, 9.17) is 5.11 Å². The summed E-state index contributed by atoms with van der Waals surface area (Å²) in [5, 5.41) is 41.5. The normalized spacial score (nSPS) is 41.9. The van der Waals surface area contributed by atoms with Crippen LogP contribution in [0.5, 0.6) is 0 Å². The summed E-state index contributed by atoms with van der Waals surface area (Å²) in [6.07, 6.45) is 8.48. The molecule has 5 nitrogen and oxygen atoms in total. The average molecular weight is 401 g/mol. The van der Waals surface area contributed by atoms with Gasteiger partial charge in [0.1, 0.15) is 0 Å². The molecule has 0 aromatic rings. The Morgan fingerprint density at radius 3 is 2.66 bits per heavy atom. The van der Waals surface area contributed by atoms with Crippen LogP contribution in [0.15, 0.2) is 46.6 Å². The summed E-state index contributed by atoms with van der Waals surface area (Å²) in [5.41, 5.74) is 3.16. The van der Waals surface area contributed by atoms with Gasteiger partial charge in [0.25, 0.3) is 0 Å². The quantitative estimate of drug-likeness (QED) is 0.544. The van der Waals surface area contributed by atoms with Gasteiger partial charge in [-0.2, -0.15) is 0 Å². The number of hydrogen-bond acceptors (Lipinski definition) is 4. The number of aliphatic hydroxyl groups is 3. The fourth-order valence-electron chi connectivity index (χ4n) is 6.45. The van der Waals surface area contributed by atoms with Gasteiger partial charge in [0.05, 0.1) is 18.3 Å². The molecular weight excluding hydrogens is 368 g/mol. The topological polar surface area (TPSA) is 98.0 Å². The average Bonchev–Trinajstić information content (AvgIpc) is 3.01. The van der Waals surface area contributed by atoms with E-state index in [1.807, 2.05) is 18.2 Å². The van der Waals surface area contributed by atoms with E-state index in [-0.39, 0.29) is 18.3 Å². The van der Waals surface area contributed by atoms with Gasteiger partial charge in [-0.25, -0.2) is 0 Å². The van der Waals surface area contributed by atoms with Crippen molar-refractivity contribution in [2.24, 2.45) is 22.7 Å². The fourth-order valence-corrected chi connectivity index (χ4v) is 6.45. The number of aliphatic carboxylic acids is 1. The Morgan fingerprint density at radius 2 is 1.97 bits per heavy atom. The maximum atomic E-state index is 11.3. The first-order chi connectivity index (χ1) is 13.6. The van der Waals surface area contributed by atoms with E-state index in [2.05, 4.69) is 20.8 Å². The molecule has 29 heavy (non-hydrogen) atoms. The smallest absolute Gasteiger partial charge is 0.303 e. The van der Waals surface area contributed by atoms with Crippen molar-refractivity contribution < 1.29 is 25.2 Å². The Labute approximate surface area is 172 Å². The molecule has 0 saturated heterocycles. The highest BCUT2D eigenvalue weighted by Crippen LogP contribution is 2.62. The molecule has 0 aromatic carbocycles. The lowest BCUT2D eigenvalue weighted by Crippen LogP contribution is -2.46. The van der Waals surface area contributed by atoms with Crippen molar-refractivity contribution >= 4 is 5.97 Å². The van der Waals surface area contributed by atoms with Crippen molar-refractivity contribution in [2.75, 3.05) is 0 Å². The van der Waals surface area contributed by atoms with Crippen LogP contribution in [-0.4, -0.2) is 44.7 Å². The van der Waals surface area contributed by atoms with Gasteiger partial charge < -0.3 is 20.4 Å². The van der Waals surface area contributed by atoms with Crippen molar-refractivity contribution in [3.05, 3.63) is 46.6 Å². The molecule has 0 heterocycles. The molecule has 4 aliphatic carbocycles. The second-order valence-electron chi connectivity index (χ2n) is 9.72. The van der Waals surface area contributed by atoms with Crippen LogP contribution in [0, 0.1) is 22.7 Å². The van der Waals surface area contributed by atoms with E-state index in [1.165, 1.54) is 0 Å². The van der Waals surface area contributed by atoms with Gasteiger partial charge in [-0.1, -0.05) is 49.3 Å². The Hall–Kier alpha value is -1.69. The second kappa shape index (κ2) is 6.93. The highest BCUT2D eigenvalue weighted by molar-refractivity contribution is 5.66. The molecule has 4 aliphatic rings. The minimum absolute atomic E-state index is 0.138. The molecule has 0 spiro atoms. The maximum Gasteiger partial charge on any atom is 0.303 e. The standard InChI is InChI=1S/C24H32O5/c1-13(4-7-21(28)29)16-5-6-17-22-18(12-20(27)24(16,17)3)23(2)9-8-15(25)10-14(23)11-19(22)26/h8-10,12-13,15-16,19-20,25-27H,4-7,11H2,1-3H3,(H,28,29)/t13-,15-,16-,19-,20+,23+,24-/m1/s1. The minimum Gasteiger partial charge on any atom is -0.481 e. The third kappa shape index (κ3) is 2.97. The molecule has 4 rings (SSSR count). The number of allylic oxidation sites excluding steroid dienone is 1. The van der Waals surface area contributed by atoms with E-state index in [0.717, 1.165) is 35.1 Å². The zero-order valence-corrected chi connectivity index (χ0v) is 17.4. The number of aliphatic hydroxyl groups excluding tert-OH is 3. The van der Waals surface area contributed by atoms with Crippen LogP contribution < -0.4 is 0 Å².